The largest absolute Gasteiger partial charge is 0.418 e. The smallest absolute Gasteiger partial charge is 0.393 e. The first-order valence-electron chi connectivity index (χ1n) is 11.4. The summed E-state index contributed by atoms with van der Waals surface area (Å²) >= 11 is 0. The van der Waals surface area contributed by atoms with E-state index in [9.17, 15) is 9.59 Å². The molecule has 9 nitrogen and oxygen atoms in total. The van der Waals surface area contributed by atoms with Crippen LogP contribution in [0.2, 0.25) is 0 Å². The number of carbonyl (C=O) groups excluding carboxylic acids is 2. The van der Waals surface area contributed by atoms with Crippen LogP contribution in [0.1, 0.15) is 32.3 Å². The van der Waals surface area contributed by atoms with Gasteiger partial charge in [0.2, 0.25) is 11.8 Å². The van der Waals surface area contributed by atoms with Gasteiger partial charge < -0.3 is 24.4 Å². The molecule has 2 N–H and O–H groups in total. The van der Waals surface area contributed by atoms with Crippen LogP contribution in [-0.4, -0.2) is 61.2 Å². The molecular formula is C24H30N6O3. The fraction of sp³-hybridized carbons (Fsp3) is 0.458. The number of benzene rings is 1. The summed E-state index contributed by atoms with van der Waals surface area (Å²) in [4.78, 5) is 33.4. The Hall–Kier alpha value is -3.67. The molecule has 2 saturated heterocycles. The number of ether oxygens (including phenoxy) is 1. The Balaban J connectivity index is 1.52. The Morgan fingerprint density at radius 2 is 1.82 bits per heavy atom. The topological polar surface area (TPSA) is 105 Å². The van der Waals surface area contributed by atoms with E-state index in [-0.39, 0.29) is 11.8 Å². The number of amides is 2. The van der Waals surface area contributed by atoms with Crippen LogP contribution in [0, 0.1) is 17.2 Å². The van der Waals surface area contributed by atoms with Crippen molar-refractivity contribution in [1.29, 1.82) is 5.26 Å². The van der Waals surface area contributed by atoms with E-state index in [4.69, 9.17) is 10.00 Å². The molecule has 1 aromatic heterocycles. The highest BCUT2D eigenvalue weighted by molar-refractivity contribution is 5.92. The maximum atomic E-state index is 12.6. The molecule has 2 aliphatic rings. The van der Waals surface area contributed by atoms with E-state index in [1.54, 1.807) is 6.92 Å². The summed E-state index contributed by atoms with van der Waals surface area (Å²) in [5.74, 6) is 1.02. The minimum absolute atomic E-state index is 0.111. The second-order valence-corrected chi connectivity index (χ2v) is 8.74. The maximum Gasteiger partial charge on any atom is 0.418 e. The standard InChI is InChI=1S/C24H30N6O3/c1-17-5-7-30(8-6-17)22-14-20(29-11-9-28(10-12-29)18(2)31)3-4-21(22)27-24(32)33-23-13-19(15-25)16-26-23/h3-4,13-14,16-17,26H,5-12H2,1-2H3,(H,27,32). The Kier molecular flexibility index (Phi) is 6.73. The van der Waals surface area contributed by atoms with Crippen LogP contribution in [0.15, 0.2) is 30.5 Å². The van der Waals surface area contributed by atoms with Crippen molar-refractivity contribution in [3.05, 3.63) is 36.0 Å². The van der Waals surface area contributed by atoms with Crippen molar-refractivity contribution in [3.8, 4) is 11.9 Å². The van der Waals surface area contributed by atoms with Crippen LogP contribution in [0.25, 0.3) is 0 Å². The van der Waals surface area contributed by atoms with E-state index in [1.165, 1.54) is 12.3 Å². The average molecular weight is 451 g/mol. The molecule has 2 fully saturated rings. The third-order valence-electron chi connectivity index (χ3n) is 6.42. The summed E-state index contributed by atoms with van der Waals surface area (Å²) in [6.07, 6.45) is 3.08. The zero-order chi connectivity index (χ0) is 23.4. The molecular weight excluding hydrogens is 420 g/mol. The van der Waals surface area contributed by atoms with Crippen molar-refractivity contribution in [2.75, 3.05) is 54.4 Å². The molecule has 2 amide bonds. The van der Waals surface area contributed by atoms with E-state index < -0.39 is 6.09 Å². The number of rotatable bonds is 4. The highest BCUT2D eigenvalue weighted by atomic mass is 16.6. The fourth-order valence-electron chi connectivity index (χ4n) is 4.35. The fourth-order valence-corrected chi connectivity index (χ4v) is 4.35. The molecule has 0 saturated carbocycles. The van der Waals surface area contributed by atoms with Crippen molar-refractivity contribution < 1.29 is 14.3 Å². The number of piperazine rings is 1. The third-order valence-corrected chi connectivity index (χ3v) is 6.42. The van der Waals surface area contributed by atoms with Crippen molar-refractivity contribution in [1.82, 2.24) is 9.88 Å². The maximum absolute atomic E-state index is 12.6. The van der Waals surface area contributed by atoms with Gasteiger partial charge in [-0.15, -0.1) is 0 Å². The van der Waals surface area contributed by atoms with E-state index in [1.807, 2.05) is 23.1 Å². The van der Waals surface area contributed by atoms with E-state index in [0.717, 1.165) is 50.4 Å². The van der Waals surface area contributed by atoms with Gasteiger partial charge >= 0.3 is 6.09 Å². The molecule has 9 heteroatoms. The van der Waals surface area contributed by atoms with Gasteiger partial charge in [-0.05, 0) is 37.0 Å². The first-order valence-corrected chi connectivity index (χ1v) is 11.4. The second-order valence-electron chi connectivity index (χ2n) is 8.74. The van der Waals surface area contributed by atoms with Gasteiger partial charge in [-0.25, -0.2) is 4.79 Å². The highest BCUT2D eigenvalue weighted by Gasteiger charge is 2.23. The van der Waals surface area contributed by atoms with Crippen molar-refractivity contribution in [2.45, 2.75) is 26.7 Å². The van der Waals surface area contributed by atoms with Crippen LogP contribution in [0.3, 0.4) is 0 Å². The van der Waals surface area contributed by atoms with E-state index >= 15 is 0 Å². The molecule has 2 aliphatic heterocycles. The number of piperidine rings is 1. The normalized spacial score (nSPS) is 16.9. The minimum Gasteiger partial charge on any atom is -0.393 e. The number of aromatic amines is 1. The molecule has 33 heavy (non-hydrogen) atoms. The molecule has 174 valence electrons. The van der Waals surface area contributed by atoms with Gasteiger partial charge in [0.25, 0.3) is 0 Å². The number of carbonyl (C=O) groups is 2. The Morgan fingerprint density at radius 3 is 2.45 bits per heavy atom. The first kappa shape index (κ1) is 22.5. The van der Waals surface area contributed by atoms with E-state index in [0.29, 0.717) is 30.3 Å². The lowest BCUT2D eigenvalue weighted by Gasteiger charge is -2.37. The summed E-state index contributed by atoms with van der Waals surface area (Å²) < 4.78 is 5.32. The highest BCUT2D eigenvalue weighted by Crippen LogP contribution is 2.34. The van der Waals surface area contributed by atoms with E-state index in [2.05, 4.69) is 33.1 Å². The summed E-state index contributed by atoms with van der Waals surface area (Å²) in [5, 5.41) is 11.8. The number of hydrogen-bond donors (Lipinski definition) is 2. The molecule has 0 atom stereocenters. The number of nitriles is 1. The van der Waals surface area contributed by atoms with Crippen molar-refractivity contribution in [3.63, 3.8) is 0 Å². The zero-order valence-corrected chi connectivity index (χ0v) is 19.1. The summed E-state index contributed by atoms with van der Waals surface area (Å²) in [7, 11) is 0. The van der Waals surface area contributed by atoms with Crippen molar-refractivity contribution >= 4 is 29.1 Å². The average Bonchev–Trinajstić information content (AvgIpc) is 3.27. The molecule has 3 heterocycles. The number of aromatic nitrogens is 1. The van der Waals surface area contributed by atoms with Gasteiger partial charge in [-0.1, -0.05) is 6.92 Å². The molecule has 2 aromatic rings. The summed E-state index contributed by atoms with van der Waals surface area (Å²) in [5.41, 5.74) is 3.13. The lowest BCUT2D eigenvalue weighted by atomic mass is 9.98. The number of H-pyrrole nitrogens is 1. The Labute approximate surface area is 193 Å². The number of nitrogens with one attached hydrogen (secondary N) is 2. The Morgan fingerprint density at radius 1 is 1.09 bits per heavy atom. The zero-order valence-electron chi connectivity index (χ0n) is 19.1. The quantitative estimate of drug-likeness (QED) is 0.740. The van der Waals surface area contributed by atoms with Crippen LogP contribution in [0.4, 0.5) is 21.9 Å². The van der Waals surface area contributed by atoms with Crippen molar-refractivity contribution in [2.24, 2.45) is 5.92 Å². The lowest BCUT2D eigenvalue weighted by molar-refractivity contribution is -0.129. The predicted molar refractivity (Wildman–Crippen MR) is 127 cm³/mol. The lowest BCUT2D eigenvalue weighted by Crippen LogP contribution is -2.48. The molecule has 0 spiro atoms. The molecule has 0 radical (unpaired) electrons. The molecule has 0 unspecified atom stereocenters. The van der Waals surface area contributed by atoms with Crippen LogP contribution in [-0.2, 0) is 4.79 Å². The molecule has 0 aliphatic carbocycles. The van der Waals surface area contributed by atoms with Crippen LogP contribution in [0.5, 0.6) is 5.88 Å². The number of hydrogen-bond acceptors (Lipinski definition) is 6. The number of nitrogens with zero attached hydrogens (tertiary/aromatic N) is 4. The van der Waals surface area contributed by atoms with Gasteiger partial charge in [0.1, 0.15) is 6.07 Å². The van der Waals surface area contributed by atoms with Gasteiger partial charge in [0.05, 0.1) is 16.9 Å². The first-order chi connectivity index (χ1) is 15.9. The van der Waals surface area contributed by atoms with Gasteiger partial charge in [0.15, 0.2) is 0 Å². The van der Waals surface area contributed by atoms with Gasteiger partial charge in [-0.3, -0.25) is 10.1 Å². The third kappa shape index (κ3) is 5.40. The number of anilines is 3. The van der Waals surface area contributed by atoms with Crippen LogP contribution >= 0.6 is 0 Å². The monoisotopic (exact) mass is 450 g/mol. The van der Waals surface area contributed by atoms with Gasteiger partial charge in [0, 0.05) is 64.1 Å². The SMILES string of the molecule is CC(=O)N1CCN(c2ccc(NC(=O)Oc3cc(C#N)c[nH]3)c(N3CCC(C)CC3)c2)CC1. The predicted octanol–water partition coefficient (Wildman–Crippen LogP) is 3.40. The Bertz CT molecular complexity index is 1040. The second kappa shape index (κ2) is 9.86. The minimum atomic E-state index is -0.615. The summed E-state index contributed by atoms with van der Waals surface area (Å²) in [6.45, 7) is 8.70. The molecule has 0 bridgehead atoms. The molecule has 4 rings (SSSR count). The summed E-state index contributed by atoms with van der Waals surface area (Å²) in [6, 6.07) is 9.51. The molecule has 1 aromatic carbocycles. The van der Waals surface area contributed by atoms with Gasteiger partial charge in [-0.2, -0.15) is 5.26 Å². The van der Waals surface area contributed by atoms with Crippen LogP contribution < -0.4 is 19.9 Å².